The zero-order valence-corrected chi connectivity index (χ0v) is 19.5. The third kappa shape index (κ3) is 7.67. The Labute approximate surface area is 195 Å². The fourth-order valence-corrected chi connectivity index (χ4v) is 2.73. The molecular formula is C15H22KNO8S. The molecule has 142 valence electrons. The molecule has 0 aliphatic carbocycles. The van der Waals surface area contributed by atoms with E-state index < -0.39 is 33.3 Å². The molecule has 0 unspecified atom stereocenters. The fourth-order valence-electron chi connectivity index (χ4n) is 2.25. The first-order valence-electron chi connectivity index (χ1n) is 7.44. The molecule has 0 saturated carbocycles. The molecule has 1 rings (SSSR count). The van der Waals surface area contributed by atoms with Gasteiger partial charge in [0, 0.05) is 12.3 Å². The Morgan fingerprint density at radius 3 is 2.27 bits per heavy atom. The van der Waals surface area contributed by atoms with E-state index in [1.165, 1.54) is 12.2 Å². The summed E-state index contributed by atoms with van der Waals surface area (Å²) in [7, 11) is -2.02. The maximum atomic E-state index is 11.6. The molecule has 0 atom stereocenters. The number of hydrogen-bond donors (Lipinski definition) is 0. The van der Waals surface area contributed by atoms with Crippen LogP contribution in [-0.4, -0.2) is 68.5 Å². The van der Waals surface area contributed by atoms with Crippen LogP contribution in [0.25, 0.3) is 0 Å². The molecular weight excluding hydrogens is 393 g/mol. The third-order valence-electron chi connectivity index (χ3n) is 3.55. The minimum absolute atomic E-state index is 0. The Morgan fingerprint density at radius 1 is 1.27 bits per heavy atom. The van der Waals surface area contributed by atoms with Crippen molar-refractivity contribution in [3.8, 4) is 0 Å². The van der Waals surface area contributed by atoms with E-state index in [9.17, 15) is 22.6 Å². The second kappa shape index (κ2) is 10.8. The van der Waals surface area contributed by atoms with Crippen molar-refractivity contribution in [2.75, 3.05) is 33.1 Å². The summed E-state index contributed by atoms with van der Waals surface area (Å²) in [6.07, 6.45) is 2.75. The van der Waals surface area contributed by atoms with Crippen LogP contribution in [0.1, 0.15) is 20.3 Å². The van der Waals surface area contributed by atoms with Gasteiger partial charge in [-0.15, -0.1) is 0 Å². The first-order chi connectivity index (χ1) is 11.5. The van der Waals surface area contributed by atoms with E-state index in [4.69, 9.17) is 4.74 Å². The predicted molar refractivity (Wildman–Crippen MR) is 86.1 cm³/mol. The van der Waals surface area contributed by atoms with E-state index in [2.05, 4.69) is 9.47 Å². The maximum absolute atomic E-state index is 11.6. The van der Waals surface area contributed by atoms with Gasteiger partial charge in [-0.25, -0.2) is 18.0 Å². The smallest absolute Gasteiger partial charge is 0.748 e. The first kappa shape index (κ1) is 25.6. The number of methoxy groups -OCH3 is 2. The number of nitrogens with zero attached hydrogens (tertiary/aromatic N) is 1. The van der Waals surface area contributed by atoms with Crippen molar-refractivity contribution < 1.29 is 88.2 Å². The van der Waals surface area contributed by atoms with Crippen LogP contribution in [0, 0.1) is 0 Å². The Kier molecular flexibility index (Phi) is 10.6. The van der Waals surface area contributed by atoms with E-state index in [1.54, 1.807) is 4.90 Å². The van der Waals surface area contributed by atoms with Crippen LogP contribution in [0.4, 0.5) is 0 Å². The van der Waals surface area contributed by atoms with Gasteiger partial charge in [0.25, 0.3) is 0 Å². The second-order valence-corrected chi connectivity index (χ2v) is 7.46. The largest absolute Gasteiger partial charge is 1.00 e. The van der Waals surface area contributed by atoms with Gasteiger partial charge in [0.05, 0.1) is 29.9 Å². The average molecular weight is 416 g/mol. The third-order valence-corrected chi connectivity index (χ3v) is 4.34. The minimum atomic E-state index is -4.30. The van der Waals surface area contributed by atoms with E-state index in [-0.39, 0.29) is 69.9 Å². The summed E-state index contributed by atoms with van der Waals surface area (Å²) >= 11 is 0. The van der Waals surface area contributed by atoms with Crippen LogP contribution in [0.5, 0.6) is 0 Å². The van der Waals surface area contributed by atoms with Crippen molar-refractivity contribution in [1.29, 1.82) is 0 Å². The monoisotopic (exact) mass is 415 g/mol. The number of carbonyl (C=O) groups is 2. The maximum Gasteiger partial charge on any atom is 1.00 e. The van der Waals surface area contributed by atoms with Gasteiger partial charge in [-0.3, -0.25) is 0 Å². The summed E-state index contributed by atoms with van der Waals surface area (Å²) in [4.78, 5) is 25.0. The molecule has 0 aromatic rings. The van der Waals surface area contributed by atoms with Crippen LogP contribution >= 0.6 is 0 Å². The molecule has 1 aliphatic rings. The standard InChI is InChI=1S/C15H23NO8S.K/c1-15(2)10-24-12(16(15)8-5-9-25(19,20)21)7-6-11(13(17)22-3)14(18)23-4;/h6-7H,5,8-10H2,1-4H3,(H,19,20,21);/q;+1/p-1. The number of allylic oxidation sites excluding steroid dienone is 2. The molecule has 0 amide bonds. The molecule has 1 heterocycles. The molecule has 1 aliphatic heterocycles. The number of rotatable bonds is 7. The summed E-state index contributed by atoms with van der Waals surface area (Å²) in [6.45, 7) is 4.35. The molecule has 1 saturated heterocycles. The molecule has 0 aromatic carbocycles. The Bertz CT molecular complexity index is 666. The minimum Gasteiger partial charge on any atom is -0.748 e. The number of hydrogen-bond acceptors (Lipinski definition) is 9. The average Bonchev–Trinajstić information content (AvgIpc) is 2.80. The molecule has 26 heavy (non-hydrogen) atoms. The van der Waals surface area contributed by atoms with Gasteiger partial charge in [-0.2, -0.15) is 0 Å². The number of carbonyl (C=O) groups excluding carboxylic acids is 2. The van der Waals surface area contributed by atoms with E-state index in [1.807, 2.05) is 13.8 Å². The molecule has 0 bridgehead atoms. The van der Waals surface area contributed by atoms with E-state index >= 15 is 0 Å². The number of esters is 2. The van der Waals surface area contributed by atoms with Crippen molar-refractivity contribution in [3.05, 3.63) is 23.6 Å². The zero-order chi connectivity index (χ0) is 19.3. The topological polar surface area (TPSA) is 122 Å². The van der Waals surface area contributed by atoms with Crippen LogP contribution in [0.2, 0.25) is 0 Å². The van der Waals surface area contributed by atoms with Gasteiger partial charge in [0.15, 0.2) is 5.88 Å². The van der Waals surface area contributed by atoms with Crippen LogP contribution in [-0.2, 0) is 33.9 Å². The summed E-state index contributed by atoms with van der Waals surface area (Å²) in [5.41, 5.74) is -0.754. The SMILES string of the molecule is COC(=O)C(=CC=C1OCC(C)(C)N1CCCS(=O)(=O)[O-])C(=O)OC.[K+]. The summed E-state index contributed by atoms with van der Waals surface area (Å²) in [5.74, 6) is -1.85. The molecule has 0 N–H and O–H groups in total. The van der Waals surface area contributed by atoms with Crippen LogP contribution < -0.4 is 51.4 Å². The van der Waals surface area contributed by atoms with Crippen LogP contribution in [0.3, 0.4) is 0 Å². The van der Waals surface area contributed by atoms with Gasteiger partial charge in [-0.1, -0.05) is 0 Å². The van der Waals surface area contributed by atoms with Gasteiger partial charge < -0.3 is 23.7 Å². The fraction of sp³-hybridized carbons (Fsp3) is 0.600. The molecule has 1 fully saturated rings. The van der Waals surface area contributed by atoms with Gasteiger partial charge >= 0.3 is 63.3 Å². The molecule has 0 radical (unpaired) electrons. The summed E-state index contributed by atoms with van der Waals surface area (Å²) in [5, 5.41) is 0. The predicted octanol–water partition coefficient (Wildman–Crippen LogP) is -2.85. The number of ether oxygens (including phenoxy) is 3. The molecule has 0 spiro atoms. The second-order valence-electron chi connectivity index (χ2n) is 5.94. The van der Waals surface area contributed by atoms with Crippen molar-refractivity contribution in [1.82, 2.24) is 4.90 Å². The molecule has 9 nitrogen and oxygen atoms in total. The Balaban J connectivity index is 0.00000625. The summed E-state index contributed by atoms with van der Waals surface area (Å²) < 4.78 is 46.8. The van der Waals surface area contributed by atoms with E-state index in [0.717, 1.165) is 14.2 Å². The van der Waals surface area contributed by atoms with E-state index in [0.29, 0.717) is 12.5 Å². The van der Waals surface area contributed by atoms with Crippen molar-refractivity contribution in [3.63, 3.8) is 0 Å². The Morgan fingerprint density at radius 2 is 1.81 bits per heavy atom. The summed E-state index contributed by atoms with van der Waals surface area (Å²) in [6, 6.07) is 0. The molecule has 11 heteroatoms. The first-order valence-corrected chi connectivity index (χ1v) is 9.02. The van der Waals surface area contributed by atoms with Gasteiger partial charge in [0.1, 0.15) is 12.2 Å². The molecule has 0 aromatic heterocycles. The van der Waals surface area contributed by atoms with Crippen molar-refractivity contribution >= 4 is 22.1 Å². The Hall–Kier alpha value is -0.434. The van der Waals surface area contributed by atoms with Crippen LogP contribution in [0.15, 0.2) is 23.6 Å². The van der Waals surface area contributed by atoms with Crippen molar-refractivity contribution in [2.24, 2.45) is 0 Å². The van der Waals surface area contributed by atoms with Crippen molar-refractivity contribution in [2.45, 2.75) is 25.8 Å². The van der Waals surface area contributed by atoms with Gasteiger partial charge in [-0.05, 0) is 32.4 Å². The quantitative estimate of drug-likeness (QED) is 0.108. The van der Waals surface area contributed by atoms with Gasteiger partial charge in [0.2, 0.25) is 0 Å². The zero-order valence-electron chi connectivity index (χ0n) is 15.6. The normalized spacial score (nSPS) is 17.1.